The van der Waals surface area contributed by atoms with E-state index in [0.29, 0.717) is 17.7 Å². The number of ketones is 2. The molecule has 4 heteroatoms. The molecule has 1 saturated carbocycles. The summed E-state index contributed by atoms with van der Waals surface area (Å²) < 4.78 is 11.7. The van der Waals surface area contributed by atoms with Crippen LogP contribution in [-0.2, 0) is 20.4 Å². The Hall–Kier alpha value is -1.29. The number of hydrogen-bond donors (Lipinski definition) is 0. The summed E-state index contributed by atoms with van der Waals surface area (Å²) in [5.74, 6) is -0.642. The zero-order valence-electron chi connectivity index (χ0n) is 13.0. The van der Waals surface area contributed by atoms with Crippen molar-refractivity contribution in [3.8, 4) is 0 Å². The summed E-state index contributed by atoms with van der Waals surface area (Å²) in [7, 11) is -1.65. The highest BCUT2D eigenvalue weighted by atomic mass is 32.2. The molecule has 0 N–H and O–H groups in total. The molecular formula is C17H22O3S. The highest BCUT2D eigenvalue weighted by Gasteiger charge is 2.58. The van der Waals surface area contributed by atoms with E-state index in [1.807, 2.05) is 33.8 Å². The maximum Gasteiger partial charge on any atom is 0.169 e. The van der Waals surface area contributed by atoms with E-state index in [2.05, 4.69) is 0 Å². The molecule has 0 amide bonds. The summed E-state index contributed by atoms with van der Waals surface area (Å²) in [6.07, 6.45) is 0.602. The molecule has 2 rings (SSSR count). The zero-order chi connectivity index (χ0) is 15.8. The summed E-state index contributed by atoms with van der Waals surface area (Å²) in [6, 6.07) is 8.84. The lowest BCUT2D eigenvalue weighted by Crippen LogP contribution is -2.59. The molecule has 0 spiro atoms. The van der Waals surface area contributed by atoms with E-state index < -0.39 is 15.5 Å². The standard InChI is InChI=1S/C17H22O3S/c1-12(2)17(21(20)13-8-6-5-7-9-13)14(18)10-16(3,4)11-15(17)19/h5-9,12H,10-11H2,1-4H3. The van der Waals surface area contributed by atoms with Crippen molar-refractivity contribution < 1.29 is 13.8 Å². The van der Waals surface area contributed by atoms with Crippen LogP contribution >= 0.6 is 0 Å². The second kappa shape index (κ2) is 5.48. The van der Waals surface area contributed by atoms with Crippen LogP contribution < -0.4 is 0 Å². The second-order valence-electron chi connectivity index (χ2n) is 6.84. The van der Waals surface area contributed by atoms with Gasteiger partial charge in [0.2, 0.25) is 0 Å². The van der Waals surface area contributed by atoms with Crippen molar-refractivity contribution in [1.82, 2.24) is 0 Å². The van der Waals surface area contributed by atoms with Crippen LogP contribution in [0.1, 0.15) is 40.5 Å². The van der Waals surface area contributed by atoms with Gasteiger partial charge in [0.05, 0.1) is 10.8 Å². The number of hydrogen-bond acceptors (Lipinski definition) is 3. The maximum atomic E-state index is 13.1. The lowest BCUT2D eigenvalue weighted by atomic mass is 9.68. The molecule has 1 atom stereocenters. The van der Waals surface area contributed by atoms with Gasteiger partial charge in [0.1, 0.15) is 0 Å². The van der Waals surface area contributed by atoms with E-state index in [4.69, 9.17) is 0 Å². The van der Waals surface area contributed by atoms with Crippen LogP contribution in [0.15, 0.2) is 35.2 Å². The van der Waals surface area contributed by atoms with E-state index >= 15 is 0 Å². The monoisotopic (exact) mass is 306 g/mol. The Morgan fingerprint density at radius 2 is 1.48 bits per heavy atom. The van der Waals surface area contributed by atoms with E-state index in [9.17, 15) is 13.8 Å². The van der Waals surface area contributed by atoms with Crippen molar-refractivity contribution >= 4 is 22.4 Å². The van der Waals surface area contributed by atoms with Gasteiger partial charge in [-0.1, -0.05) is 45.9 Å². The van der Waals surface area contributed by atoms with Gasteiger partial charge in [-0.2, -0.15) is 0 Å². The SMILES string of the molecule is CC(C)C1(S(=O)c2ccccc2)C(=O)CC(C)(C)CC1=O. The predicted molar refractivity (Wildman–Crippen MR) is 83.4 cm³/mol. The van der Waals surface area contributed by atoms with Crippen LogP contribution in [0.5, 0.6) is 0 Å². The van der Waals surface area contributed by atoms with Crippen molar-refractivity contribution in [2.45, 2.75) is 50.2 Å². The number of benzene rings is 1. The minimum absolute atomic E-state index is 0.180. The summed E-state index contributed by atoms with van der Waals surface area (Å²) in [5.41, 5.74) is -0.340. The van der Waals surface area contributed by atoms with Crippen LogP contribution in [0.25, 0.3) is 0 Å². The Morgan fingerprint density at radius 1 is 1.00 bits per heavy atom. The smallest absolute Gasteiger partial charge is 0.169 e. The van der Waals surface area contributed by atoms with Crippen LogP contribution in [0.4, 0.5) is 0 Å². The average Bonchev–Trinajstić information content (AvgIpc) is 2.37. The fourth-order valence-electron chi connectivity index (χ4n) is 3.14. The Morgan fingerprint density at radius 3 is 1.90 bits per heavy atom. The van der Waals surface area contributed by atoms with Crippen molar-refractivity contribution in [1.29, 1.82) is 0 Å². The number of Topliss-reactive ketones (excluding diaryl/α,β-unsaturated/α-hetero) is 2. The topological polar surface area (TPSA) is 51.2 Å². The van der Waals surface area contributed by atoms with E-state index in [1.165, 1.54) is 0 Å². The lowest BCUT2D eigenvalue weighted by molar-refractivity contribution is -0.138. The first-order valence-corrected chi connectivity index (χ1v) is 8.40. The molecule has 1 aromatic carbocycles. The minimum atomic E-state index is -1.65. The summed E-state index contributed by atoms with van der Waals surface area (Å²) in [6.45, 7) is 7.46. The van der Waals surface area contributed by atoms with Crippen LogP contribution in [0.3, 0.4) is 0 Å². The molecule has 114 valence electrons. The second-order valence-corrected chi connectivity index (χ2v) is 8.49. The third kappa shape index (κ3) is 2.61. The quantitative estimate of drug-likeness (QED) is 0.806. The molecule has 21 heavy (non-hydrogen) atoms. The van der Waals surface area contributed by atoms with Gasteiger partial charge >= 0.3 is 0 Å². The molecule has 0 heterocycles. The lowest BCUT2D eigenvalue weighted by Gasteiger charge is -2.42. The molecule has 1 aliphatic rings. The van der Waals surface area contributed by atoms with Gasteiger partial charge in [-0.3, -0.25) is 13.8 Å². The predicted octanol–water partition coefficient (Wildman–Crippen LogP) is 3.15. The molecule has 1 fully saturated rings. The first-order chi connectivity index (χ1) is 9.71. The van der Waals surface area contributed by atoms with Crippen LogP contribution in [0, 0.1) is 11.3 Å². The zero-order valence-corrected chi connectivity index (χ0v) is 13.8. The molecule has 0 aromatic heterocycles. The molecule has 1 aliphatic carbocycles. The molecule has 0 aliphatic heterocycles. The molecular weight excluding hydrogens is 284 g/mol. The van der Waals surface area contributed by atoms with Crippen LogP contribution in [0.2, 0.25) is 0 Å². The summed E-state index contributed by atoms with van der Waals surface area (Å²) in [5, 5.41) is 0. The number of carbonyl (C=O) groups is 2. The van der Waals surface area contributed by atoms with Crippen molar-refractivity contribution in [3.05, 3.63) is 30.3 Å². The third-order valence-corrected chi connectivity index (χ3v) is 6.38. The largest absolute Gasteiger partial charge is 0.297 e. The summed E-state index contributed by atoms with van der Waals surface area (Å²) >= 11 is 0. The molecule has 0 saturated heterocycles. The van der Waals surface area contributed by atoms with Gasteiger partial charge < -0.3 is 0 Å². The Labute approximate surface area is 128 Å². The molecule has 1 unspecified atom stereocenters. The fourth-order valence-corrected chi connectivity index (χ4v) is 4.91. The first-order valence-electron chi connectivity index (χ1n) is 7.25. The van der Waals surface area contributed by atoms with Gasteiger partial charge in [0.15, 0.2) is 16.3 Å². The van der Waals surface area contributed by atoms with Gasteiger partial charge in [0.25, 0.3) is 0 Å². The highest BCUT2D eigenvalue weighted by molar-refractivity contribution is 7.88. The normalized spacial score (nSPS) is 22.3. The van der Waals surface area contributed by atoms with Gasteiger partial charge in [0, 0.05) is 17.7 Å². The van der Waals surface area contributed by atoms with E-state index in [1.54, 1.807) is 24.3 Å². The average molecular weight is 306 g/mol. The summed E-state index contributed by atoms with van der Waals surface area (Å²) in [4.78, 5) is 26.1. The first kappa shape index (κ1) is 16.1. The van der Waals surface area contributed by atoms with E-state index in [0.717, 1.165) is 0 Å². The Balaban J connectivity index is 2.54. The van der Waals surface area contributed by atoms with Crippen molar-refractivity contribution in [2.75, 3.05) is 0 Å². The Bertz CT molecular complexity index is 567. The van der Waals surface area contributed by atoms with Gasteiger partial charge in [-0.15, -0.1) is 0 Å². The van der Waals surface area contributed by atoms with Gasteiger partial charge in [-0.05, 0) is 23.5 Å². The van der Waals surface area contributed by atoms with Crippen molar-refractivity contribution in [2.24, 2.45) is 11.3 Å². The van der Waals surface area contributed by atoms with E-state index in [-0.39, 0.29) is 22.9 Å². The third-order valence-electron chi connectivity index (χ3n) is 4.17. The van der Waals surface area contributed by atoms with Gasteiger partial charge in [-0.25, -0.2) is 0 Å². The van der Waals surface area contributed by atoms with Crippen molar-refractivity contribution in [3.63, 3.8) is 0 Å². The maximum absolute atomic E-state index is 13.1. The minimum Gasteiger partial charge on any atom is -0.297 e. The number of carbonyl (C=O) groups excluding carboxylic acids is 2. The molecule has 3 nitrogen and oxygen atoms in total. The molecule has 0 radical (unpaired) electrons. The number of rotatable bonds is 3. The fraction of sp³-hybridized carbons (Fsp3) is 0.529. The highest BCUT2D eigenvalue weighted by Crippen LogP contribution is 2.43. The van der Waals surface area contributed by atoms with Crippen LogP contribution in [-0.4, -0.2) is 20.5 Å². The molecule has 1 aromatic rings. The Kier molecular flexibility index (Phi) is 4.20. The molecule has 0 bridgehead atoms.